The highest BCUT2D eigenvalue weighted by Gasteiger charge is 2.19. The van der Waals surface area contributed by atoms with Gasteiger partial charge in [-0.2, -0.15) is 4.98 Å². The van der Waals surface area contributed by atoms with Crippen LogP contribution in [-0.4, -0.2) is 33.5 Å². The summed E-state index contributed by atoms with van der Waals surface area (Å²) in [6.45, 7) is 0.852. The van der Waals surface area contributed by atoms with Crippen LogP contribution in [0.5, 0.6) is 0 Å². The van der Waals surface area contributed by atoms with Gasteiger partial charge in [0.1, 0.15) is 0 Å². The molecule has 0 spiro atoms. The molecule has 4 rings (SSSR count). The van der Waals surface area contributed by atoms with Crippen LogP contribution in [-0.2, 0) is 11.3 Å². The van der Waals surface area contributed by atoms with E-state index in [1.165, 1.54) is 0 Å². The molecule has 0 unspecified atom stereocenters. The predicted molar refractivity (Wildman–Crippen MR) is 101 cm³/mol. The minimum absolute atomic E-state index is 0.128. The smallest absolute Gasteiger partial charge is 0.251 e. The maximum absolute atomic E-state index is 12.4. The molecule has 0 bridgehead atoms. The highest BCUT2D eigenvalue weighted by molar-refractivity contribution is 5.96. The number of pyridine rings is 1. The number of carbonyl (C=O) groups is 2. The van der Waals surface area contributed by atoms with E-state index in [1.807, 2.05) is 0 Å². The average molecular weight is 377 g/mol. The first kappa shape index (κ1) is 17.8. The summed E-state index contributed by atoms with van der Waals surface area (Å²) in [4.78, 5) is 34.3. The van der Waals surface area contributed by atoms with Crippen LogP contribution in [0.25, 0.3) is 11.4 Å². The Hall–Kier alpha value is -3.55. The van der Waals surface area contributed by atoms with Crippen LogP contribution in [0.15, 0.2) is 53.3 Å². The van der Waals surface area contributed by atoms with Crippen molar-refractivity contribution in [2.45, 2.75) is 25.8 Å². The molecule has 0 aliphatic carbocycles. The molecule has 1 N–H and O–H groups in total. The molecule has 1 aliphatic rings. The average Bonchev–Trinajstić information content (AvgIpc) is 3.22. The fraction of sp³-hybridized carbons (Fsp3) is 0.250. The molecular formula is C20H19N5O3. The molecule has 8 heteroatoms. The zero-order valence-corrected chi connectivity index (χ0v) is 15.2. The van der Waals surface area contributed by atoms with Crippen molar-refractivity contribution in [3.05, 3.63) is 60.2 Å². The van der Waals surface area contributed by atoms with E-state index in [1.54, 1.807) is 53.7 Å². The molecule has 142 valence electrons. The molecule has 1 fully saturated rings. The monoisotopic (exact) mass is 377 g/mol. The van der Waals surface area contributed by atoms with Crippen LogP contribution in [0.1, 0.15) is 35.5 Å². The van der Waals surface area contributed by atoms with E-state index in [0.717, 1.165) is 30.6 Å². The van der Waals surface area contributed by atoms with Crippen molar-refractivity contribution in [3.8, 4) is 11.4 Å². The maximum Gasteiger partial charge on any atom is 0.251 e. The Morgan fingerprint density at radius 1 is 1.11 bits per heavy atom. The van der Waals surface area contributed by atoms with Gasteiger partial charge in [0.25, 0.3) is 5.91 Å². The van der Waals surface area contributed by atoms with Crippen molar-refractivity contribution in [1.82, 2.24) is 20.4 Å². The van der Waals surface area contributed by atoms with Gasteiger partial charge in [-0.3, -0.25) is 14.6 Å². The minimum Gasteiger partial charge on any atom is -0.343 e. The van der Waals surface area contributed by atoms with Gasteiger partial charge in [-0.05, 0) is 49.2 Å². The molecule has 2 aromatic heterocycles. The van der Waals surface area contributed by atoms with Crippen molar-refractivity contribution in [1.29, 1.82) is 0 Å². The molecule has 3 aromatic rings. The molecule has 2 amide bonds. The van der Waals surface area contributed by atoms with Crippen LogP contribution >= 0.6 is 0 Å². The van der Waals surface area contributed by atoms with E-state index in [9.17, 15) is 9.59 Å². The van der Waals surface area contributed by atoms with Crippen LogP contribution < -0.4 is 10.2 Å². The van der Waals surface area contributed by atoms with Gasteiger partial charge in [0, 0.05) is 42.2 Å². The largest absolute Gasteiger partial charge is 0.343 e. The standard InChI is InChI=1S/C20H19N5O3/c26-18-3-1-2-12-25(18)16-6-4-15(5-7-16)20(27)22-13-17-23-19(24-28-17)14-8-10-21-11-9-14/h4-11H,1-3,12-13H2,(H,22,27). The fourth-order valence-electron chi connectivity index (χ4n) is 3.07. The second kappa shape index (κ2) is 7.99. The van der Waals surface area contributed by atoms with Crippen LogP contribution in [0, 0.1) is 0 Å². The summed E-state index contributed by atoms with van der Waals surface area (Å²) >= 11 is 0. The number of aromatic nitrogens is 3. The number of amides is 2. The van der Waals surface area contributed by atoms with Crippen molar-refractivity contribution in [2.75, 3.05) is 11.4 Å². The molecular weight excluding hydrogens is 358 g/mol. The zero-order valence-electron chi connectivity index (χ0n) is 15.2. The number of hydrogen-bond acceptors (Lipinski definition) is 6. The number of hydrogen-bond donors (Lipinski definition) is 1. The lowest BCUT2D eigenvalue weighted by Gasteiger charge is -2.26. The Morgan fingerprint density at radius 3 is 2.64 bits per heavy atom. The Balaban J connectivity index is 1.36. The van der Waals surface area contributed by atoms with Crippen molar-refractivity contribution >= 4 is 17.5 Å². The molecule has 8 nitrogen and oxygen atoms in total. The van der Waals surface area contributed by atoms with Gasteiger partial charge in [0.05, 0.1) is 6.54 Å². The highest BCUT2D eigenvalue weighted by atomic mass is 16.5. The number of nitrogens with zero attached hydrogens (tertiary/aromatic N) is 4. The second-order valence-electron chi connectivity index (χ2n) is 6.48. The van der Waals surface area contributed by atoms with Crippen molar-refractivity contribution in [3.63, 3.8) is 0 Å². The van der Waals surface area contributed by atoms with Gasteiger partial charge in [0.15, 0.2) is 0 Å². The summed E-state index contributed by atoms with van der Waals surface area (Å²) in [5.41, 5.74) is 2.11. The van der Waals surface area contributed by atoms with E-state index in [-0.39, 0.29) is 18.4 Å². The first-order valence-electron chi connectivity index (χ1n) is 9.12. The predicted octanol–water partition coefficient (Wildman–Crippen LogP) is 2.58. The van der Waals surface area contributed by atoms with E-state index in [2.05, 4.69) is 20.4 Å². The molecule has 3 heterocycles. The zero-order chi connectivity index (χ0) is 19.3. The third kappa shape index (κ3) is 3.90. The summed E-state index contributed by atoms with van der Waals surface area (Å²) in [6.07, 6.45) is 5.81. The van der Waals surface area contributed by atoms with Gasteiger partial charge in [-0.15, -0.1) is 0 Å². The molecule has 0 atom stereocenters. The third-order valence-electron chi connectivity index (χ3n) is 4.57. The number of anilines is 1. The van der Waals surface area contributed by atoms with Gasteiger partial charge in [-0.25, -0.2) is 0 Å². The normalized spacial score (nSPS) is 14.1. The topological polar surface area (TPSA) is 101 Å². The first-order valence-corrected chi connectivity index (χ1v) is 9.12. The second-order valence-corrected chi connectivity index (χ2v) is 6.48. The van der Waals surface area contributed by atoms with E-state index in [0.29, 0.717) is 23.7 Å². The van der Waals surface area contributed by atoms with Crippen LogP contribution in [0.3, 0.4) is 0 Å². The summed E-state index contributed by atoms with van der Waals surface area (Å²) in [5.74, 6) is 0.642. The number of nitrogens with one attached hydrogen (secondary N) is 1. The number of piperidine rings is 1. The maximum atomic E-state index is 12.4. The molecule has 0 radical (unpaired) electrons. The van der Waals surface area contributed by atoms with Crippen molar-refractivity contribution in [2.24, 2.45) is 0 Å². The number of rotatable bonds is 5. The van der Waals surface area contributed by atoms with Gasteiger partial charge in [0.2, 0.25) is 17.6 Å². The molecule has 1 aromatic carbocycles. The summed E-state index contributed by atoms with van der Waals surface area (Å²) in [6, 6.07) is 10.6. The van der Waals surface area contributed by atoms with E-state index < -0.39 is 0 Å². The Morgan fingerprint density at radius 2 is 1.89 bits per heavy atom. The summed E-state index contributed by atoms with van der Waals surface area (Å²) in [7, 11) is 0. The Kier molecular flexibility index (Phi) is 5.09. The minimum atomic E-state index is -0.250. The van der Waals surface area contributed by atoms with E-state index >= 15 is 0 Å². The quantitative estimate of drug-likeness (QED) is 0.733. The van der Waals surface area contributed by atoms with E-state index in [4.69, 9.17) is 4.52 Å². The van der Waals surface area contributed by atoms with Crippen molar-refractivity contribution < 1.29 is 14.1 Å². The molecule has 0 saturated carbocycles. The van der Waals surface area contributed by atoms with Crippen LogP contribution in [0.2, 0.25) is 0 Å². The Bertz CT molecular complexity index is 969. The van der Waals surface area contributed by atoms with Gasteiger partial charge in [-0.1, -0.05) is 5.16 Å². The third-order valence-corrected chi connectivity index (χ3v) is 4.57. The number of benzene rings is 1. The number of carbonyl (C=O) groups excluding carboxylic acids is 2. The van der Waals surface area contributed by atoms with Gasteiger partial charge < -0.3 is 14.7 Å². The lowest BCUT2D eigenvalue weighted by molar-refractivity contribution is -0.119. The summed E-state index contributed by atoms with van der Waals surface area (Å²) < 4.78 is 5.18. The molecule has 1 saturated heterocycles. The Labute approximate surface area is 161 Å². The highest BCUT2D eigenvalue weighted by Crippen LogP contribution is 2.21. The molecule has 28 heavy (non-hydrogen) atoms. The molecule has 1 aliphatic heterocycles. The SMILES string of the molecule is O=C(NCc1nc(-c2ccncc2)no1)c1ccc(N2CCCCC2=O)cc1. The first-order chi connectivity index (χ1) is 13.7. The van der Waals surface area contributed by atoms with Gasteiger partial charge >= 0.3 is 0 Å². The summed E-state index contributed by atoms with van der Waals surface area (Å²) in [5, 5.41) is 6.66. The fourth-order valence-corrected chi connectivity index (χ4v) is 3.07. The van der Waals surface area contributed by atoms with Crippen LogP contribution in [0.4, 0.5) is 5.69 Å². The lowest BCUT2D eigenvalue weighted by atomic mass is 10.1. The lowest BCUT2D eigenvalue weighted by Crippen LogP contribution is -2.35.